The fraction of sp³-hybridized carbons (Fsp3) is 0.917. The Morgan fingerprint density at radius 2 is 1.24 bits per heavy atom. The third kappa shape index (κ3) is 21.4. The molecule has 1 atom stereocenters. The van der Waals surface area contributed by atoms with Crippen LogP contribution < -0.4 is 0 Å². The van der Waals surface area contributed by atoms with Gasteiger partial charge in [-0.1, -0.05) is 84.5 Å². The van der Waals surface area contributed by atoms with Gasteiger partial charge in [-0.15, -0.1) is 0 Å². The highest BCUT2D eigenvalue weighted by atomic mass is 16.5. The van der Waals surface area contributed by atoms with Crippen LogP contribution in [0, 0.1) is 5.92 Å². The van der Waals surface area contributed by atoms with Crippen LogP contribution in [0.5, 0.6) is 0 Å². The zero-order valence-electron chi connectivity index (χ0n) is 19.9. The quantitative estimate of drug-likeness (QED) is 0.165. The van der Waals surface area contributed by atoms with Crippen LogP contribution in [0.2, 0.25) is 0 Å². The van der Waals surface area contributed by atoms with Crippen molar-refractivity contribution >= 4 is 11.9 Å². The molecule has 0 bridgehead atoms. The van der Waals surface area contributed by atoms with Crippen LogP contribution >= 0.6 is 0 Å². The fourth-order valence-electron chi connectivity index (χ4n) is 3.61. The Hall–Kier alpha value is -1.10. The smallest absolute Gasteiger partial charge is 0.307 e. The highest BCUT2D eigenvalue weighted by Gasteiger charge is 2.24. The number of aliphatic carboxylic acids is 1. The minimum atomic E-state index is -0.924. The lowest BCUT2D eigenvalue weighted by molar-refractivity contribution is -0.873. The Labute approximate surface area is 179 Å². The molecule has 0 radical (unpaired) electrons. The molecule has 0 spiro atoms. The van der Waals surface area contributed by atoms with Gasteiger partial charge in [0.25, 0.3) is 0 Å². The number of hydrogen-bond donors (Lipinski definition) is 1. The van der Waals surface area contributed by atoms with Crippen molar-refractivity contribution < 1.29 is 23.9 Å². The summed E-state index contributed by atoms with van der Waals surface area (Å²) in [6.07, 6.45) is 14.9. The van der Waals surface area contributed by atoms with E-state index in [-0.39, 0.29) is 12.4 Å². The molecule has 0 aromatic heterocycles. The Kier molecular flexibility index (Phi) is 16.0. The Morgan fingerprint density at radius 1 is 0.793 bits per heavy atom. The molecule has 0 heterocycles. The SMILES string of the molecule is CC(C)CCCCCCCCCCCCCC(=O)O[C@H](CC(=O)O)C[N+](C)(C)C. The number of carbonyl (C=O) groups excluding carboxylic acids is 1. The number of nitrogens with zero attached hydrogens (tertiary/aromatic N) is 1. The maximum absolute atomic E-state index is 12.0. The highest BCUT2D eigenvalue weighted by molar-refractivity contribution is 5.71. The van der Waals surface area contributed by atoms with Gasteiger partial charge in [0, 0.05) is 6.42 Å². The van der Waals surface area contributed by atoms with Crippen molar-refractivity contribution in [3.8, 4) is 0 Å². The molecule has 5 nitrogen and oxygen atoms in total. The summed E-state index contributed by atoms with van der Waals surface area (Å²) in [5.41, 5.74) is 0. The zero-order chi connectivity index (χ0) is 22.1. The second kappa shape index (κ2) is 16.7. The number of likely N-dealkylation sites (N-methyl/N-ethyl adjacent to an activating group) is 1. The number of quaternary nitrogens is 1. The lowest BCUT2D eigenvalue weighted by atomic mass is 10.0. The number of hydrogen-bond acceptors (Lipinski definition) is 3. The van der Waals surface area contributed by atoms with Crippen LogP contribution in [0.25, 0.3) is 0 Å². The van der Waals surface area contributed by atoms with E-state index in [9.17, 15) is 9.59 Å². The van der Waals surface area contributed by atoms with Crippen molar-refractivity contribution in [1.29, 1.82) is 0 Å². The second-order valence-corrected chi connectivity index (χ2v) is 10.0. The molecule has 0 rings (SSSR count). The summed E-state index contributed by atoms with van der Waals surface area (Å²) in [5.74, 6) is -0.347. The average Bonchev–Trinajstić information content (AvgIpc) is 2.56. The lowest BCUT2D eigenvalue weighted by Crippen LogP contribution is -2.43. The molecule has 1 N–H and O–H groups in total. The zero-order valence-corrected chi connectivity index (χ0v) is 19.9. The monoisotopic (exact) mass is 414 g/mol. The molecular formula is C24H48NO4+. The minimum Gasteiger partial charge on any atom is -0.481 e. The third-order valence-corrected chi connectivity index (χ3v) is 5.11. The van der Waals surface area contributed by atoms with Gasteiger partial charge in [0.05, 0.1) is 27.6 Å². The van der Waals surface area contributed by atoms with Crippen LogP contribution in [-0.2, 0) is 14.3 Å². The first-order valence-electron chi connectivity index (χ1n) is 11.8. The van der Waals surface area contributed by atoms with E-state index < -0.39 is 12.1 Å². The Balaban J connectivity index is 3.61. The predicted molar refractivity (Wildman–Crippen MR) is 120 cm³/mol. The Morgan fingerprint density at radius 3 is 1.66 bits per heavy atom. The van der Waals surface area contributed by atoms with E-state index in [1.54, 1.807) is 0 Å². The number of unbranched alkanes of at least 4 members (excludes halogenated alkanes) is 10. The van der Waals surface area contributed by atoms with E-state index in [4.69, 9.17) is 9.84 Å². The molecule has 29 heavy (non-hydrogen) atoms. The van der Waals surface area contributed by atoms with Crippen LogP contribution in [-0.4, -0.2) is 55.3 Å². The van der Waals surface area contributed by atoms with Crippen molar-refractivity contribution in [2.24, 2.45) is 5.92 Å². The number of ether oxygens (including phenoxy) is 1. The Bertz CT molecular complexity index is 429. The van der Waals surface area contributed by atoms with Crippen molar-refractivity contribution in [2.75, 3.05) is 27.7 Å². The average molecular weight is 415 g/mol. The summed E-state index contributed by atoms with van der Waals surface area (Å²) >= 11 is 0. The van der Waals surface area contributed by atoms with E-state index in [1.165, 1.54) is 64.2 Å². The molecule has 0 saturated carbocycles. The van der Waals surface area contributed by atoms with Crippen LogP contribution in [0.15, 0.2) is 0 Å². The number of carbonyl (C=O) groups is 2. The first-order valence-corrected chi connectivity index (χ1v) is 11.8. The van der Waals surface area contributed by atoms with E-state index in [0.29, 0.717) is 17.4 Å². The van der Waals surface area contributed by atoms with Gasteiger partial charge >= 0.3 is 11.9 Å². The fourth-order valence-corrected chi connectivity index (χ4v) is 3.61. The standard InChI is InChI=1S/C24H47NO4/c1-21(2)17-15-13-11-9-7-6-8-10-12-14-16-18-24(28)29-22(19-23(26)27)20-25(3,4)5/h21-22H,6-20H2,1-5H3/p+1/t22-/m1/s1. The van der Waals surface area contributed by atoms with E-state index in [2.05, 4.69) is 13.8 Å². The summed E-state index contributed by atoms with van der Waals surface area (Å²) in [4.78, 5) is 23.0. The first-order chi connectivity index (χ1) is 13.6. The van der Waals surface area contributed by atoms with Crippen molar-refractivity contribution in [3.63, 3.8) is 0 Å². The molecule has 0 aromatic rings. The van der Waals surface area contributed by atoms with Crippen molar-refractivity contribution in [2.45, 2.75) is 110 Å². The minimum absolute atomic E-state index is 0.126. The molecule has 0 aliphatic carbocycles. The summed E-state index contributed by atoms with van der Waals surface area (Å²) in [6.45, 7) is 5.10. The summed E-state index contributed by atoms with van der Waals surface area (Å²) in [7, 11) is 5.90. The third-order valence-electron chi connectivity index (χ3n) is 5.11. The molecule has 0 aromatic carbocycles. The molecule has 0 aliphatic heterocycles. The predicted octanol–water partition coefficient (Wildman–Crippen LogP) is 5.81. The van der Waals surface area contributed by atoms with E-state index in [0.717, 1.165) is 18.8 Å². The van der Waals surface area contributed by atoms with Crippen LogP contribution in [0.4, 0.5) is 0 Å². The molecule has 0 amide bonds. The second-order valence-electron chi connectivity index (χ2n) is 10.0. The molecule has 5 heteroatoms. The van der Waals surface area contributed by atoms with E-state index >= 15 is 0 Å². The van der Waals surface area contributed by atoms with Gasteiger partial charge in [-0.05, 0) is 12.3 Å². The lowest BCUT2D eigenvalue weighted by Gasteiger charge is -2.28. The summed E-state index contributed by atoms with van der Waals surface area (Å²) in [5, 5.41) is 9.00. The topological polar surface area (TPSA) is 63.6 Å². The van der Waals surface area contributed by atoms with Crippen molar-refractivity contribution in [3.05, 3.63) is 0 Å². The van der Waals surface area contributed by atoms with Gasteiger partial charge < -0.3 is 14.3 Å². The van der Waals surface area contributed by atoms with Gasteiger partial charge in [0.1, 0.15) is 6.54 Å². The first kappa shape index (κ1) is 27.9. The molecule has 0 saturated heterocycles. The number of carboxylic acids is 1. The molecule has 0 unspecified atom stereocenters. The molecule has 0 fully saturated rings. The highest BCUT2D eigenvalue weighted by Crippen LogP contribution is 2.14. The normalized spacial score (nSPS) is 12.9. The van der Waals surface area contributed by atoms with Gasteiger partial charge in [-0.2, -0.15) is 0 Å². The van der Waals surface area contributed by atoms with Gasteiger partial charge in [-0.3, -0.25) is 9.59 Å². The largest absolute Gasteiger partial charge is 0.481 e. The molecule has 172 valence electrons. The van der Waals surface area contributed by atoms with Gasteiger partial charge in [-0.25, -0.2) is 0 Å². The maximum Gasteiger partial charge on any atom is 0.307 e. The van der Waals surface area contributed by atoms with Gasteiger partial charge in [0.2, 0.25) is 0 Å². The molecule has 0 aliphatic rings. The van der Waals surface area contributed by atoms with E-state index in [1.807, 2.05) is 21.1 Å². The van der Waals surface area contributed by atoms with Crippen LogP contribution in [0.1, 0.15) is 104 Å². The summed E-state index contributed by atoms with van der Waals surface area (Å²) in [6, 6.07) is 0. The van der Waals surface area contributed by atoms with Crippen molar-refractivity contribution in [1.82, 2.24) is 0 Å². The number of rotatable bonds is 19. The number of carboxylic acid groups (broad SMARTS) is 1. The van der Waals surface area contributed by atoms with Gasteiger partial charge in [0.15, 0.2) is 6.10 Å². The summed E-state index contributed by atoms with van der Waals surface area (Å²) < 4.78 is 5.99. The van der Waals surface area contributed by atoms with Crippen LogP contribution in [0.3, 0.4) is 0 Å². The number of esters is 1. The molecular weight excluding hydrogens is 366 g/mol. The maximum atomic E-state index is 12.0.